The maximum Gasteiger partial charge on any atom is 0.163 e. The summed E-state index contributed by atoms with van der Waals surface area (Å²) in [4.78, 5) is 0. The van der Waals surface area contributed by atoms with Gasteiger partial charge < -0.3 is 28.4 Å². The smallest absolute Gasteiger partial charge is 0.163 e. The van der Waals surface area contributed by atoms with Gasteiger partial charge in [0.25, 0.3) is 0 Å². The summed E-state index contributed by atoms with van der Waals surface area (Å²) in [5.41, 5.74) is 0. The third-order valence-corrected chi connectivity index (χ3v) is 9.10. The van der Waals surface area contributed by atoms with Crippen LogP contribution in [0.4, 0.5) is 0 Å². The summed E-state index contributed by atoms with van der Waals surface area (Å²) >= 11 is 0. The molecule has 0 spiro atoms. The maximum atomic E-state index is 6.56. The average Bonchev–Trinajstić information content (AvgIpc) is 3.58. The number of epoxide rings is 1. The fourth-order valence-electron chi connectivity index (χ4n) is 6.77. The van der Waals surface area contributed by atoms with Gasteiger partial charge in [0.05, 0.1) is 37.1 Å². The molecule has 4 fully saturated rings. The van der Waals surface area contributed by atoms with Crippen LogP contribution in [-0.2, 0) is 28.4 Å². The number of hydrogen-bond acceptors (Lipinski definition) is 6. The first-order chi connectivity index (χ1) is 19.0. The molecule has 4 heterocycles. The Balaban J connectivity index is 1.15. The molecule has 0 N–H and O–H groups in total. The molecule has 39 heavy (non-hydrogen) atoms. The molecule has 0 aliphatic carbocycles. The second kappa shape index (κ2) is 17.0. The summed E-state index contributed by atoms with van der Waals surface area (Å²) in [6.45, 7) is 8.06. The third-order valence-electron chi connectivity index (χ3n) is 9.10. The van der Waals surface area contributed by atoms with E-state index in [4.69, 9.17) is 28.4 Å². The van der Waals surface area contributed by atoms with Gasteiger partial charge in [-0.15, -0.1) is 0 Å². The van der Waals surface area contributed by atoms with E-state index < -0.39 is 5.79 Å². The number of hydrogen-bond donors (Lipinski definition) is 0. The lowest BCUT2D eigenvalue weighted by molar-refractivity contribution is -0.213. The maximum absolute atomic E-state index is 6.56. The third kappa shape index (κ3) is 11.5. The minimum atomic E-state index is -0.506. The Morgan fingerprint density at radius 2 is 1.36 bits per heavy atom. The summed E-state index contributed by atoms with van der Waals surface area (Å²) in [5.74, 6) is -0.506. The van der Waals surface area contributed by atoms with Crippen LogP contribution in [0.15, 0.2) is 0 Å². The van der Waals surface area contributed by atoms with Crippen molar-refractivity contribution in [3.05, 3.63) is 0 Å². The molecule has 0 radical (unpaired) electrons. The Bertz CT molecular complexity index is 646. The molecule has 4 aliphatic rings. The van der Waals surface area contributed by atoms with Gasteiger partial charge in [0, 0.05) is 6.61 Å². The number of unbranched alkanes of at least 4 members (excludes halogenated alkanes) is 11. The molecule has 0 bridgehead atoms. The highest BCUT2D eigenvalue weighted by Crippen LogP contribution is 2.37. The zero-order valence-corrected chi connectivity index (χ0v) is 25.5. The molecule has 6 heteroatoms. The van der Waals surface area contributed by atoms with Crippen molar-refractivity contribution in [1.82, 2.24) is 0 Å². The first kappa shape index (κ1) is 31.7. The van der Waals surface area contributed by atoms with Crippen molar-refractivity contribution < 1.29 is 28.4 Å². The molecule has 0 aromatic carbocycles. The summed E-state index contributed by atoms with van der Waals surface area (Å²) < 4.78 is 37.3. The van der Waals surface area contributed by atoms with Crippen LogP contribution in [0.25, 0.3) is 0 Å². The molecule has 4 saturated heterocycles. The fraction of sp³-hybridized carbons (Fsp3) is 1.00. The SMILES string of the molecule is CCCCCCCCCCCCCC[C@H]1OC(C)(C)O[C@@H]1CC[C@@H](OC1CCCCO1)[C@H]1CC[C@H]([C@H]2CO2)O1. The van der Waals surface area contributed by atoms with Crippen molar-refractivity contribution in [2.75, 3.05) is 13.2 Å². The van der Waals surface area contributed by atoms with E-state index >= 15 is 0 Å². The summed E-state index contributed by atoms with van der Waals surface area (Å²) in [6.07, 6.45) is 25.7. The van der Waals surface area contributed by atoms with Crippen molar-refractivity contribution in [3.8, 4) is 0 Å². The lowest BCUT2D eigenvalue weighted by Gasteiger charge is -2.31. The molecule has 0 amide bonds. The molecule has 228 valence electrons. The highest BCUT2D eigenvalue weighted by molar-refractivity contribution is 4.90. The standard InChI is InChI=1S/C33H60O6/c1-4-5-6-7-8-9-10-11-12-13-14-15-18-29-30(39-33(2,3)38-29)23-22-27(37-32-19-16-17-24-34-32)26-20-21-28(36-26)31-25-35-31/h26-32H,4-25H2,1-3H3/t26-,27-,28-,29-,30-,31-,32?/m1/s1. The highest BCUT2D eigenvalue weighted by atomic mass is 16.8. The molecule has 0 saturated carbocycles. The van der Waals surface area contributed by atoms with Gasteiger partial charge >= 0.3 is 0 Å². The minimum Gasteiger partial charge on any atom is -0.370 e. The topological polar surface area (TPSA) is 58.7 Å². The Hall–Kier alpha value is -0.240. The van der Waals surface area contributed by atoms with E-state index in [2.05, 4.69) is 20.8 Å². The van der Waals surface area contributed by atoms with Crippen LogP contribution in [0.3, 0.4) is 0 Å². The van der Waals surface area contributed by atoms with Gasteiger partial charge in [0.2, 0.25) is 0 Å². The minimum absolute atomic E-state index is 0.0384. The molecule has 6 nitrogen and oxygen atoms in total. The summed E-state index contributed by atoms with van der Waals surface area (Å²) in [5, 5.41) is 0. The van der Waals surface area contributed by atoms with Crippen LogP contribution >= 0.6 is 0 Å². The average molecular weight is 553 g/mol. The van der Waals surface area contributed by atoms with Gasteiger partial charge in [-0.3, -0.25) is 0 Å². The van der Waals surface area contributed by atoms with E-state index in [0.29, 0.717) is 6.10 Å². The Morgan fingerprint density at radius 1 is 0.718 bits per heavy atom. The van der Waals surface area contributed by atoms with Crippen LogP contribution in [0.2, 0.25) is 0 Å². The first-order valence-corrected chi connectivity index (χ1v) is 16.9. The predicted octanol–water partition coefficient (Wildman–Crippen LogP) is 8.24. The molecule has 7 atom stereocenters. The van der Waals surface area contributed by atoms with E-state index in [0.717, 1.165) is 58.2 Å². The van der Waals surface area contributed by atoms with Crippen LogP contribution in [0.1, 0.15) is 149 Å². The van der Waals surface area contributed by atoms with Crippen LogP contribution < -0.4 is 0 Å². The lowest BCUT2D eigenvalue weighted by atomic mass is 9.97. The van der Waals surface area contributed by atoms with E-state index in [1.807, 2.05) is 0 Å². The number of ether oxygens (including phenoxy) is 6. The van der Waals surface area contributed by atoms with Crippen LogP contribution in [0.5, 0.6) is 0 Å². The second-order valence-corrected chi connectivity index (χ2v) is 13.1. The largest absolute Gasteiger partial charge is 0.370 e. The first-order valence-electron chi connectivity index (χ1n) is 16.9. The van der Waals surface area contributed by atoms with Crippen LogP contribution in [-0.4, -0.2) is 61.9 Å². The van der Waals surface area contributed by atoms with Gasteiger partial charge in [0.15, 0.2) is 12.1 Å². The van der Waals surface area contributed by atoms with E-state index in [9.17, 15) is 0 Å². The normalized spacial score (nSPS) is 33.0. The fourth-order valence-corrected chi connectivity index (χ4v) is 6.77. The van der Waals surface area contributed by atoms with Gasteiger partial charge in [-0.25, -0.2) is 0 Å². The van der Waals surface area contributed by atoms with Gasteiger partial charge in [-0.2, -0.15) is 0 Å². The molecular formula is C33H60O6. The zero-order chi connectivity index (χ0) is 27.3. The molecule has 0 aromatic rings. The number of rotatable bonds is 20. The quantitative estimate of drug-likeness (QED) is 0.112. The molecule has 4 aliphatic heterocycles. The second-order valence-electron chi connectivity index (χ2n) is 13.1. The molecular weight excluding hydrogens is 492 g/mol. The van der Waals surface area contributed by atoms with Gasteiger partial charge in [-0.1, -0.05) is 84.0 Å². The lowest BCUT2D eigenvalue weighted by Crippen LogP contribution is -2.37. The van der Waals surface area contributed by atoms with Crippen molar-refractivity contribution in [2.24, 2.45) is 0 Å². The Kier molecular flexibility index (Phi) is 13.8. The van der Waals surface area contributed by atoms with Crippen molar-refractivity contribution in [3.63, 3.8) is 0 Å². The van der Waals surface area contributed by atoms with Crippen molar-refractivity contribution in [1.29, 1.82) is 0 Å². The predicted molar refractivity (Wildman–Crippen MR) is 155 cm³/mol. The van der Waals surface area contributed by atoms with E-state index in [1.165, 1.54) is 83.5 Å². The van der Waals surface area contributed by atoms with Gasteiger partial charge in [-0.05, 0) is 65.2 Å². The van der Waals surface area contributed by atoms with Crippen molar-refractivity contribution in [2.45, 2.75) is 198 Å². The van der Waals surface area contributed by atoms with Gasteiger partial charge in [0.1, 0.15) is 6.10 Å². The highest BCUT2D eigenvalue weighted by Gasteiger charge is 2.44. The van der Waals surface area contributed by atoms with Crippen molar-refractivity contribution >= 4 is 0 Å². The molecule has 0 aromatic heterocycles. The monoisotopic (exact) mass is 552 g/mol. The summed E-state index contributed by atoms with van der Waals surface area (Å²) in [6, 6.07) is 0. The van der Waals surface area contributed by atoms with E-state index in [-0.39, 0.29) is 36.8 Å². The van der Waals surface area contributed by atoms with E-state index in [1.54, 1.807) is 0 Å². The molecule has 4 rings (SSSR count). The molecule has 1 unspecified atom stereocenters. The van der Waals surface area contributed by atoms with Crippen LogP contribution in [0, 0.1) is 0 Å². The Labute approximate surface area is 239 Å². The Morgan fingerprint density at radius 3 is 1.97 bits per heavy atom. The summed E-state index contributed by atoms with van der Waals surface area (Å²) in [7, 11) is 0. The zero-order valence-electron chi connectivity index (χ0n) is 25.5.